The van der Waals surface area contributed by atoms with E-state index in [9.17, 15) is 14.4 Å². The van der Waals surface area contributed by atoms with Crippen LogP contribution in [0.3, 0.4) is 0 Å². The molecule has 0 bridgehead atoms. The van der Waals surface area contributed by atoms with Gasteiger partial charge in [0.15, 0.2) is 6.10 Å². The number of rotatable bonds is 66. The maximum atomic E-state index is 13.0. The van der Waals surface area contributed by atoms with Crippen LogP contribution in [0.1, 0.15) is 380 Å². The summed E-state index contributed by atoms with van der Waals surface area (Å²) in [5, 5.41) is 0. The number of hydrogen-bond donors (Lipinski definition) is 0. The molecule has 81 heavy (non-hydrogen) atoms. The van der Waals surface area contributed by atoms with E-state index in [1.807, 2.05) is 0 Å². The fourth-order valence-electron chi connectivity index (χ4n) is 10.6. The molecule has 0 fully saturated rings. The van der Waals surface area contributed by atoms with E-state index in [1.165, 1.54) is 257 Å². The normalized spacial score (nSPS) is 12.4. The van der Waals surface area contributed by atoms with Gasteiger partial charge in [-0.2, -0.15) is 0 Å². The molecule has 0 aliphatic carbocycles. The van der Waals surface area contributed by atoms with Crippen molar-refractivity contribution >= 4 is 17.9 Å². The highest BCUT2D eigenvalue weighted by Gasteiger charge is 2.19. The van der Waals surface area contributed by atoms with Gasteiger partial charge in [-0.15, -0.1) is 0 Å². The second-order valence-electron chi connectivity index (χ2n) is 24.1. The van der Waals surface area contributed by atoms with Crippen molar-refractivity contribution < 1.29 is 28.6 Å². The standard InChI is InChI=1S/C75H136O6/c1-4-7-10-13-16-19-22-25-28-30-32-34-36-37-39-40-42-44-47-50-53-56-59-62-65-68-74(77)80-71-72(70-79-73(76)67-64-61-58-55-52-49-46-27-24-21-18-15-12-9-6-3)81-75(78)69-66-63-60-57-54-51-48-45-43-41-38-35-33-31-29-26-23-20-17-14-11-8-5-2/h22-23,25-26,30-33,38,41,72H,4-21,24,27-29,34-37,39-40,42-71H2,1-3H3/b25-22-,26-23-,32-30-,33-31-,41-38-. The lowest BCUT2D eigenvalue weighted by atomic mass is 10.0. The van der Waals surface area contributed by atoms with Crippen LogP contribution in [-0.2, 0) is 28.6 Å². The van der Waals surface area contributed by atoms with Crippen molar-refractivity contribution in [1.82, 2.24) is 0 Å². The van der Waals surface area contributed by atoms with Gasteiger partial charge in [-0.25, -0.2) is 0 Å². The molecule has 0 amide bonds. The van der Waals surface area contributed by atoms with Crippen LogP contribution in [0.25, 0.3) is 0 Å². The smallest absolute Gasteiger partial charge is 0.306 e. The van der Waals surface area contributed by atoms with E-state index >= 15 is 0 Å². The Labute approximate surface area is 504 Å². The third kappa shape index (κ3) is 67.8. The molecule has 0 radical (unpaired) electrons. The van der Waals surface area contributed by atoms with Crippen molar-refractivity contribution in [3.63, 3.8) is 0 Å². The predicted molar refractivity (Wildman–Crippen MR) is 353 cm³/mol. The fraction of sp³-hybridized carbons (Fsp3) is 0.827. The summed E-state index contributed by atoms with van der Waals surface area (Å²) in [5.41, 5.74) is 0. The number of esters is 3. The van der Waals surface area contributed by atoms with Gasteiger partial charge in [0, 0.05) is 19.3 Å². The second-order valence-corrected chi connectivity index (χ2v) is 24.1. The monoisotopic (exact) mass is 1130 g/mol. The van der Waals surface area contributed by atoms with Crippen LogP contribution >= 0.6 is 0 Å². The Morgan fingerprint density at radius 3 is 0.691 bits per heavy atom. The molecular weight excluding hydrogens is 997 g/mol. The average molecular weight is 1130 g/mol. The zero-order valence-corrected chi connectivity index (χ0v) is 54.3. The first-order valence-corrected chi connectivity index (χ1v) is 35.8. The van der Waals surface area contributed by atoms with E-state index < -0.39 is 6.10 Å². The van der Waals surface area contributed by atoms with Gasteiger partial charge in [-0.3, -0.25) is 14.4 Å². The summed E-state index contributed by atoms with van der Waals surface area (Å²) in [6.45, 7) is 6.68. The van der Waals surface area contributed by atoms with E-state index in [2.05, 4.69) is 81.5 Å². The van der Waals surface area contributed by atoms with Crippen LogP contribution < -0.4 is 0 Å². The van der Waals surface area contributed by atoms with E-state index in [0.29, 0.717) is 19.3 Å². The van der Waals surface area contributed by atoms with Crippen molar-refractivity contribution in [3.8, 4) is 0 Å². The summed E-state index contributed by atoms with van der Waals surface area (Å²) < 4.78 is 17.0. The average Bonchev–Trinajstić information content (AvgIpc) is 3.47. The summed E-state index contributed by atoms with van der Waals surface area (Å²) in [4.78, 5) is 38.5. The first kappa shape index (κ1) is 78.1. The van der Waals surface area contributed by atoms with E-state index in [0.717, 1.165) is 83.5 Å². The van der Waals surface area contributed by atoms with Crippen molar-refractivity contribution in [2.24, 2.45) is 0 Å². The number of unbranched alkanes of at least 4 members (excludes halogenated alkanes) is 45. The molecule has 0 saturated heterocycles. The summed E-state index contributed by atoms with van der Waals surface area (Å²) in [6, 6.07) is 0. The molecule has 0 aromatic heterocycles. The summed E-state index contributed by atoms with van der Waals surface area (Å²) in [5.74, 6) is -0.856. The molecule has 0 aromatic rings. The summed E-state index contributed by atoms with van der Waals surface area (Å²) >= 11 is 0. The largest absolute Gasteiger partial charge is 0.462 e. The zero-order chi connectivity index (χ0) is 58.5. The maximum Gasteiger partial charge on any atom is 0.306 e. The Bertz CT molecular complexity index is 1440. The molecule has 1 atom stereocenters. The predicted octanol–water partition coefficient (Wildman–Crippen LogP) is 24.7. The van der Waals surface area contributed by atoms with Gasteiger partial charge in [-0.05, 0) is 89.9 Å². The Kier molecular flexibility index (Phi) is 67.1. The Morgan fingerprint density at radius 1 is 0.247 bits per heavy atom. The molecule has 1 unspecified atom stereocenters. The van der Waals surface area contributed by atoms with Crippen LogP contribution in [0.15, 0.2) is 60.8 Å². The first-order chi connectivity index (χ1) is 40.0. The minimum absolute atomic E-state index is 0.0731. The minimum atomic E-state index is -0.778. The van der Waals surface area contributed by atoms with Crippen molar-refractivity contribution in [1.29, 1.82) is 0 Å². The van der Waals surface area contributed by atoms with Gasteiger partial charge < -0.3 is 14.2 Å². The van der Waals surface area contributed by atoms with Crippen molar-refractivity contribution in [2.45, 2.75) is 386 Å². The molecule has 472 valence electrons. The SMILES string of the molecule is CCCCCCC/C=C\C/C=C\C/C=C\CCCCCCCCCCC(=O)OC(COC(=O)CCCCCCCCCCCCCCC/C=C\C/C=C\CCCCCCC)COC(=O)CCCCCCCCCCCCCCCCC. The lowest BCUT2D eigenvalue weighted by Gasteiger charge is -2.18. The minimum Gasteiger partial charge on any atom is -0.462 e. The van der Waals surface area contributed by atoms with Gasteiger partial charge in [-0.1, -0.05) is 332 Å². The molecule has 0 saturated carbocycles. The number of ether oxygens (including phenoxy) is 3. The molecule has 0 aromatic carbocycles. The number of hydrogen-bond acceptors (Lipinski definition) is 6. The summed E-state index contributed by atoms with van der Waals surface area (Å²) in [7, 11) is 0. The lowest BCUT2D eigenvalue weighted by Crippen LogP contribution is -2.30. The van der Waals surface area contributed by atoms with Crippen molar-refractivity contribution in [2.75, 3.05) is 13.2 Å². The molecule has 0 spiro atoms. The highest BCUT2D eigenvalue weighted by molar-refractivity contribution is 5.71. The maximum absolute atomic E-state index is 13.0. The molecule has 0 N–H and O–H groups in total. The fourth-order valence-corrected chi connectivity index (χ4v) is 10.6. The van der Waals surface area contributed by atoms with Crippen LogP contribution in [-0.4, -0.2) is 37.2 Å². The quantitative estimate of drug-likeness (QED) is 0.0261. The molecule has 0 rings (SSSR count). The topological polar surface area (TPSA) is 78.9 Å². The van der Waals surface area contributed by atoms with Gasteiger partial charge in [0.05, 0.1) is 0 Å². The summed E-state index contributed by atoms with van der Waals surface area (Å²) in [6.07, 6.45) is 89.5. The third-order valence-corrected chi connectivity index (χ3v) is 16.0. The van der Waals surface area contributed by atoms with E-state index in [1.54, 1.807) is 0 Å². The molecule has 0 aliphatic heterocycles. The molecule has 6 heteroatoms. The zero-order valence-electron chi connectivity index (χ0n) is 54.3. The Hall–Kier alpha value is -2.89. The third-order valence-electron chi connectivity index (χ3n) is 16.0. The van der Waals surface area contributed by atoms with E-state index in [-0.39, 0.29) is 31.1 Å². The van der Waals surface area contributed by atoms with Crippen LogP contribution in [0.2, 0.25) is 0 Å². The van der Waals surface area contributed by atoms with E-state index in [4.69, 9.17) is 14.2 Å². The van der Waals surface area contributed by atoms with Crippen LogP contribution in [0.4, 0.5) is 0 Å². The lowest BCUT2D eigenvalue weighted by molar-refractivity contribution is -0.167. The molecule has 6 nitrogen and oxygen atoms in total. The highest BCUT2D eigenvalue weighted by Crippen LogP contribution is 2.18. The Morgan fingerprint density at radius 2 is 0.444 bits per heavy atom. The van der Waals surface area contributed by atoms with Gasteiger partial charge in [0.1, 0.15) is 13.2 Å². The van der Waals surface area contributed by atoms with Gasteiger partial charge in [0.2, 0.25) is 0 Å². The second kappa shape index (κ2) is 69.6. The van der Waals surface area contributed by atoms with Gasteiger partial charge >= 0.3 is 17.9 Å². The number of carbonyl (C=O) groups excluding carboxylic acids is 3. The molecule has 0 aliphatic rings. The molecular formula is C75H136O6. The van der Waals surface area contributed by atoms with Crippen LogP contribution in [0, 0.1) is 0 Å². The highest BCUT2D eigenvalue weighted by atomic mass is 16.6. The Balaban J connectivity index is 4.31. The first-order valence-electron chi connectivity index (χ1n) is 35.8. The number of carbonyl (C=O) groups is 3. The van der Waals surface area contributed by atoms with Crippen LogP contribution in [0.5, 0.6) is 0 Å². The molecule has 0 heterocycles. The van der Waals surface area contributed by atoms with Crippen molar-refractivity contribution in [3.05, 3.63) is 60.8 Å². The van der Waals surface area contributed by atoms with Gasteiger partial charge in [0.25, 0.3) is 0 Å². The number of allylic oxidation sites excluding steroid dienone is 10.